The molecule has 10 heteroatoms. The zero-order valence-corrected chi connectivity index (χ0v) is 16.4. The molecule has 2 amide bonds. The molecule has 0 aliphatic heterocycles. The van der Waals surface area contributed by atoms with Crippen molar-refractivity contribution in [3.63, 3.8) is 0 Å². The smallest absolute Gasteiger partial charge is 0.406 e. The third-order valence-electron chi connectivity index (χ3n) is 3.57. The molecule has 1 heterocycles. The summed E-state index contributed by atoms with van der Waals surface area (Å²) in [5, 5.41) is 5.29. The van der Waals surface area contributed by atoms with Gasteiger partial charge in [-0.05, 0) is 24.3 Å². The Kier molecular flexibility index (Phi) is 7.00. The number of carbonyl (C=O) groups excluding carboxylic acids is 2. The quantitative estimate of drug-likeness (QED) is 0.747. The molecule has 2 aromatic rings. The number of amides is 2. The summed E-state index contributed by atoms with van der Waals surface area (Å²) in [5.41, 5.74) is 0.952. The van der Waals surface area contributed by atoms with E-state index in [2.05, 4.69) is 15.0 Å². The predicted octanol–water partition coefficient (Wildman–Crippen LogP) is 3.80. The minimum atomic E-state index is -4.78. The Labute approximate surface area is 164 Å². The number of halogens is 3. The van der Waals surface area contributed by atoms with Crippen LogP contribution in [0.2, 0.25) is 0 Å². The van der Waals surface area contributed by atoms with Crippen molar-refractivity contribution in [3.05, 3.63) is 40.3 Å². The number of anilines is 1. The summed E-state index contributed by atoms with van der Waals surface area (Å²) in [4.78, 5) is 30.0. The normalized spacial score (nSPS) is 11.4. The maximum Gasteiger partial charge on any atom is 0.573 e. The topological polar surface area (TPSA) is 71.5 Å². The van der Waals surface area contributed by atoms with Gasteiger partial charge in [0.1, 0.15) is 5.75 Å². The lowest BCUT2D eigenvalue weighted by atomic mass is 10.2. The van der Waals surface area contributed by atoms with Gasteiger partial charge in [0.05, 0.1) is 23.7 Å². The number of thiazole rings is 1. The molecule has 6 nitrogen and oxygen atoms in total. The minimum Gasteiger partial charge on any atom is -0.406 e. The summed E-state index contributed by atoms with van der Waals surface area (Å²) in [7, 11) is 1.50. The number of ether oxygens (including phenoxy) is 1. The molecular weight excluding hydrogens is 395 g/mol. The molecule has 0 atom stereocenters. The second-order valence-corrected chi connectivity index (χ2v) is 7.27. The second kappa shape index (κ2) is 9.05. The van der Waals surface area contributed by atoms with Gasteiger partial charge >= 0.3 is 6.36 Å². The van der Waals surface area contributed by atoms with Gasteiger partial charge in [0.25, 0.3) is 0 Å². The van der Waals surface area contributed by atoms with Crippen LogP contribution in [0.3, 0.4) is 0 Å². The number of hydrogen-bond donors (Lipinski definition) is 1. The van der Waals surface area contributed by atoms with Gasteiger partial charge in [-0.1, -0.05) is 13.8 Å². The van der Waals surface area contributed by atoms with Crippen LogP contribution < -0.4 is 10.1 Å². The van der Waals surface area contributed by atoms with Crippen molar-refractivity contribution in [1.82, 2.24) is 9.88 Å². The van der Waals surface area contributed by atoms with Crippen LogP contribution in [0.15, 0.2) is 29.6 Å². The van der Waals surface area contributed by atoms with Gasteiger partial charge < -0.3 is 15.0 Å². The molecule has 0 radical (unpaired) electrons. The fourth-order valence-electron chi connectivity index (χ4n) is 2.20. The molecule has 152 valence electrons. The molecule has 0 saturated heterocycles. The van der Waals surface area contributed by atoms with Crippen molar-refractivity contribution in [1.29, 1.82) is 0 Å². The molecule has 0 aliphatic rings. The Hall–Kier alpha value is -2.62. The number of nitrogens with zero attached hydrogens (tertiary/aromatic N) is 2. The van der Waals surface area contributed by atoms with Crippen LogP contribution in [0, 0.1) is 0 Å². The summed E-state index contributed by atoms with van der Waals surface area (Å²) in [6.45, 7) is 3.84. The van der Waals surface area contributed by atoms with Crippen LogP contribution in [0.25, 0.3) is 0 Å². The Bertz CT molecular complexity index is 819. The van der Waals surface area contributed by atoms with Crippen molar-refractivity contribution in [2.75, 3.05) is 18.9 Å². The maximum atomic E-state index is 12.2. The number of aromatic nitrogens is 1. The molecule has 28 heavy (non-hydrogen) atoms. The van der Waals surface area contributed by atoms with Crippen LogP contribution in [-0.2, 0) is 16.0 Å². The van der Waals surface area contributed by atoms with Crippen LogP contribution in [0.5, 0.6) is 5.75 Å². The molecule has 2 rings (SSSR count). The van der Waals surface area contributed by atoms with Crippen LogP contribution in [-0.4, -0.2) is 41.7 Å². The van der Waals surface area contributed by atoms with Crippen molar-refractivity contribution in [2.45, 2.75) is 32.5 Å². The molecular formula is C18H20F3N3O3S. The first kappa shape index (κ1) is 21.7. The van der Waals surface area contributed by atoms with E-state index in [-0.39, 0.29) is 30.5 Å². The monoisotopic (exact) mass is 415 g/mol. The molecule has 1 N–H and O–H groups in total. The summed E-state index contributed by atoms with van der Waals surface area (Å²) >= 11 is 1.49. The number of benzene rings is 1. The summed E-state index contributed by atoms with van der Waals surface area (Å²) in [6.07, 6.45) is -4.68. The minimum absolute atomic E-state index is 0.0937. The number of rotatable bonds is 7. The van der Waals surface area contributed by atoms with Crippen molar-refractivity contribution >= 4 is 28.8 Å². The molecule has 1 aromatic carbocycles. The van der Waals surface area contributed by atoms with E-state index in [1.807, 2.05) is 19.2 Å². The summed E-state index contributed by atoms with van der Waals surface area (Å²) in [5.74, 6) is -0.835. The fraction of sp³-hybridized carbons (Fsp3) is 0.389. The first-order valence-corrected chi connectivity index (χ1v) is 9.25. The van der Waals surface area contributed by atoms with Gasteiger partial charge in [-0.3, -0.25) is 9.59 Å². The molecule has 0 saturated carbocycles. The third-order valence-corrected chi connectivity index (χ3v) is 4.77. The summed E-state index contributed by atoms with van der Waals surface area (Å²) in [6, 6.07) is 4.74. The Morgan fingerprint density at radius 2 is 1.89 bits per heavy atom. The van der Waals surface area contributed by atoms with Gasteiger partial charge in [0.2, 0.25) is 11.8 Å². The number of likely N-dealkylation sites (N-methyl/N-ethyl adjacent to an activating group) is 1. The molecule has 0 unspecified atom stereocenters. The molecule has 0 bridgehead atoms. The second-order valence-electron chi connectivity index (χ2n) is 6.38. The Morgan fingerprint density at radius 1 is 1.25 bits per heavy atom. The van der Waals surface area contributed by atoms with Gasteiger partial charge in [0.15, 0.2) is 0 Å². The van der Waals surface area contributed by atoms with E-state index in [0.29, 0.717) is 11.4 Å². The molecule has 0 spiro atoms. The predicted molar refractivity (Wildman–Crippen MR) is 99.3 cm³/mol. The highest BCUT2D eigenvalue weighted by Crippen LogP contribution is 2.24. The van der Waals surface area contributed by atoms with E-state index >= 15 is 0 Å². The van der Waals surface area contributed by atoms with Crippen LogP contribution >= 0.6 is 11.3 Å². The highest BCUT2D eigenvalue weighted by Gasteiger charge is 2.31. The van der Waals surface area contributed by atoms with E-state index in [4.69, 9.17) is 0 Å². The van der Waals surface area contributed by atoms with Gasteiger partial charge in [-0.15, -0.1) is 24.5 Å². The average molecular weight is 415 g/mol. The Morgan fingerprint density at radius 3 is 2.43 bits per heavy atom. The zero-order chi connectivity index (χ0) is 20.9. The van der Waals surface area contributed by atoms with Crippen LogP contribution in [0.4, 0.5) is 18.9 Å². The van der Waals surface area contributed by atoms with Crippen molar-refractivity contribution in [2.24, 2.45) is 0 Å². The lowest BCUT2D eigenvalue weighted by Crippen LogP contribution is -2.35. The lowest BCUT2D eigenvalue weighted by Gasteiger charge is -2.16. The third kappa shape index (κ3) is 6.84. The number of hydrogen-bond acceptors (Lipinski definition) is 5. The van der Waals surface area contributed by atoms with E-state index in [1.54, 1.807) is 0 Å². The van der Waals surface area contributed by atoms with Crippen molar-refractivity contribution in [3.8, 4) is 5.75 Å². The number of carbonyl (C=O) groups is 2. The van der Waals surface area contributed by atoms with Gasteiger partial charge in [-0.2, -0.15) is 0 Å². The molecule has 0 aliphatic carbocycles. The molecule has 1 aromatic heterocycles. The first-order valence-electron chi connectivity index (χ1n) is 8.37. The largest absolute Gasteiger partial charge is 0.573 e. The fourth-order valence-corrected chi connectivity index (χ4v) is 3.04. The highest BCUT2D eigenvalue weighted by atomic mass is 32.1. The lowest BCUT2D eigenvalue weighted by molar-refractivity contribution is -0.274. The SMILES string of the molecule is CC(C)c1nc(CC(=O)N(C)CC(=O)Nc2ccc(OC(F)(F)F)cc2)cs1. The zero-order valence-electron chi connectivity index (χ0n) is 15.5. The van der Waals surface area contributed by atoms with E-state index in [1.165, 1.54) is 35.4 Å². The standard InChI is InChI=1S/C18H20F3N3O3S/c1-11(2)17-23-13(10-28-17)8-16(26)24(3)9-15(25)22-12-4-6-14(7-5-12)27-18(19,20)21/h4-7,10-11H,8-9H2,1-3H3,(H,22,25). The number of alkyl halides is 3. The van der Waals surface area contributed by atoms with E-state index in [0.717, 1.165) is 17.1 Å². The summed E-state index contributed by atoms with van der Waals surface area (Å²) < 4.78 is 40.2. The van der Waals surface area contributed by atoms with Gasteiger partial charge in [-0.25, -0.2) is 4.98 Å². The molecule has 0 fully saturated rings. The van der Waals surface area contributed by atoms with Crippen LogP contribution in [0.1, 0.15) is 30.5 Å². The highest BCUT2D eigenvalue weighted by molar-refractivity contribution is 7.09. The van der Waals surface area contributed by atoms with E-state index in [9.17, 15) is 22.8 Å². The van der Waals surface area contributed by atoms with Crippen molar-refractivity contribution < 1.29 is 27.5 Å². The van der Waals surface area contributed by atoms with Gasteiger partial charge in [0, 0.05) is 24.0 Å². The maximum absolute atomic E-state index is 12.2. The first-order chi connectivity index (χ1) is 13.0. The average Bonchev–Trinajstić information content (AvgIpc) is 3.04. The van der Waals surface area contributed by atoms with E-state index < -0.39 is 12.3 Å². The number of nitrogens with one attached hydrogen (secondary N) is 1. The Balaban J connectivity index is 1.85.